The standard InChI is InChI=1S/C14H24N2O4S/c1-3-6-16-7-4-12(5-8-16)15-21(18,19)14-9-13(10-17)20-11(14)2/h9,12,15,17H,3-8,10H2,1-2H3. The predicted octanol–water partition coefficient (Wildman–Crippen LogP) is 1.23. The Morgan fingerprint density at radius 2 is 2.10 bits per heavy atom. The molecule has 2 rings (SSSR count). The molecule has 2 heterocycles. The zero-order valence-electron chi connectivity index (χ0n) is 12.6. The molecule has 1 aromatic rings. The Hall–Kier alpha value is -0.890. The van der Waals surface area contributed by atoms with Crippen LogP contribution in [0.4, 0.5) is 0 Å². The van der Waals surface area contributed by atoms with E-state index in [2.05, 4.69) is 16.5 Å². The third-order valence-electron chi connectivity index (χ3n) is 3.82. The van der Waals surface area contributed by atoms with Gasteiger partial charge in [-0.2, -0.15) is 0 Å². The molecule has 1 aliphatic heterocycles. The summed E-state index contributed by atoms with van der Waals surface area (Å²) in [6.45, 7) is 6.36. The highest BCUT2D eigenvalue weighted by Crippen LogP contribution is 2.21. The molecule has 1 fully saturated rings. The Morgan fingerprint density at radius 3 is 2.62 bits per heavy atom. The van der Waals surface area contributed by atoms with E-state index in [1.54, 1.807) is 6.92 Å². The van der Waals surface area contributed by atoms with Gasteiger partial charge in [0.1, 0.15) is 23.0 Å². The van der Waals surface area contributed by atoms with Gasteiger partial charge < -0.3 is 14.4 Å². The highest BCUT2D eigenvalue weighted by Gasteiger charge is 2.27. The van der Waals surface area contributed by atoms with E-state index in [9.17, 15) is 8.42 Å². The van der Waals surface area contributed by atoms with E-state index < -0.39 is 10.0 Å². The SMILES string of the molecule is CCCN1CCC(NS(=O)(=O)c2cc(CO)oc2C)CC1. The molecule has 0 radical (unpaired) electrons. The van der Waals surface area contributed by atoms with Gasteiger partial charge in [-0.25, -0.2) is 13.1 Å². The summed E-state index contributed by atoms with van der Waals surface area (Å²) in [7, 11) is -3.58. The van der Waals surface area contributed by atoms with Crippen molar-refractivity contribution in [2.24, 2.45) is 0 Å². The average Bonchev–Trinajstić information content (AvgIpc) is 2.83. The molecule has 1 aromatic heterocycles. The van der Waals surface area contributed by atoms with Crippen molar-refractivity contribution in [3.05, 3.63) is 17.6 Å². The second kappa shape index (κ2) is 6.91. The van der Waals surface area contributed by atoms with E-state index in [1.165, 1.54) is 6.07 Å². The lowest BCUT2D eigenvalue weighted by Crippen LogP contribution is -2.44. The summed E-state index contributed by atoms with van der Waals surface area (Å²) < 4.78 is 32.8. The van der Waals surface area contributed by atoms with Gasteiger partial charge in [0.2, 0.25) is 10.0 Å². The lowest BCUT2D eigenvalue weighted by molar-refractivity contribution is 0.208. The molecular weight excluding hydrogens is 292 g/mol. The first-order chi connectivity index (χ1) is 9.96. The number of nitrogens with zero attached hydrogens (tertiary/aromatic N) is 1. The predicted molar refractivity (Wildman–Crippen MR) is 79.4 cm³/mol. The molecule has 2 N–H and O–H groups in total. The van der Waals surface area contributed by atoms with Gasteiger partial charge >= 0.3 is 0 Å². The summed E-state index contributed by atoms with van der Waals surface area (Å²) in [5, 5.41) is 9.03. The van der Waals surface area contributed by atoms with Crippen molar-refractivity contribution in [3.63, 3.8) is 0 Å². The second-order valence-corrected chi connectivity index (χ2v) is 7.21. The van der Waals surface area contributed by atoms with E-state index in [0.29, 0.717) is 5.76 Å². The molecule has 0 aliphatic carbocycles. The van der Waals surface area contributed by atoms with Gasteiger partial charge in [-0.3, -0.25) is 0 Å². The molecule has 0 saturated carbocycles. The number of nitrogens with one attached hydrogen (secondary N) is 1. The zero-order chi connectivity index (χ0) is 15.5. The second-order valence-electron chi connectivity index (χ2n) is 5.53. The van der Waals surface area contributed by atoms with Gasteiger partial charge in [-0.05, 0) is 45.8 Å². The van der Waals surface area contributed by atoms with Gasteiger partial charge in [0.05, 0.1) is 0 Å². The number of hydrogen-bond donors (Lipinski definition) is 2. The molecule has 0 unspecified atom stereocenters. The monoisotopic (exact) mass is 316 g/mol. The van der Waals surface area contributed by atoms with Crippen molar-refractivity contribution >= 4 is 10.0 Å². The molecule has 0 spiro atoms. The quantitative estimate of drug-likeness (QED) is 0.825. The smallest absolute Gasteiger partial charge is 0.244 e. The maximum Gasteiger partial charge on any atom is 0.244 e. The van der Waals surface area contributed by atoms with Crippen molar-refractivity contribution in [1.82, 2.24) is 9.62 Å². The normalized spacial score (nSPS) is 18.2. The Kier molecular flexibility index (Phi) is 5.43. The molecule has 7 heteroatoms. The van der Waals surface area contributed by atoms with Gasteiger partial charge in [0.25, 0.3) is 0 Å². The third-order valence-corrected chi connectivity index (χ3v) is 5.45. The van der Waals surface area contributed by atoms with Crippen molar-refractivity contribution in [2.75, 3.05) is 19.6 Å². The van der Waals surface area contributed by atoms with E-state index in [1.807, 2.05) is 0 Å². The third kappa shape index (κ3) is 4.06. The van der Waals surface area contributed by atoms with Crippen LogP contribution in [-0.2, 0) is 16.6 Å². The molecule has 0 bridgehead atoms. The van der Waals surface area contributed by atoms with Crippen LogP contribution in [0.2, 0.25) is 0 Å². The number of likely N-dealkylation sites (tertiary alicyclic amines) is 1. The highest BCUT2D eigenvalue weighted by molar-refractivity contribution is 7.89. The topological polar surface area (TPSA) is 82.8 Å². The highest BCUT2D eigenvalue weighted by atomic mass is 32.2. The average molecular weight is 316 g/mol. The van der Waals surface area contributed by atoms with Crippen LogP contribution < -0.4 is 4.72 Å². The maximum absolute atomic E-state index is 12.4. The molecule has 6 nitrogen and oxygen atoms in total. The fourth-order valence-electron chi connectivity index (χ4n) is 2.74. The number of furan rings is 1. The van der Waals surface area contributed by atoms with Gasteiger partial charge in [0.15, 0.2) is 0 Å². The summed E-state index contributed by atoms with van der Waals surface area (Å²) >= 11 is 0. The fraction of sp³-hybridized carbons (Fsp3) is 0.714. The molecule has 1 saturated heterocycles. The van der Waals surface area contributed by atoms with Crippen molar-refractivity contribution in [1.29, 1.82) is 0 Å². The van der Waals surface area contributed by atoms with E-state index >= 15 is 0 Å². The molecule has 1 aliphatic rings. The number of aliphatic hydroxyl groups excluding tert-OH is 1. The Morgan fingerprint density at radius 1 is 1.43 bits per heavy atom. The first kappa shape index (κ1) is 16.5. The first-order valence-electron chi connectivity index (χ1n) is 7.41. The number of aryl methyl sites for hydroxylation is 1. The van der Waals surface area contributed by atoms with Crippen molar-refractivity contribution in [2.45, 2.75) is 50.7 Å². The Labute approximate surface area is 126 Å². The summed E-state index contributed by atoms with van der Waals surface area (Å²) in [6, 6.07) is 1.36. The Balaban J connectivity index is 2.00. The number of rotatable bonds is 6. The van der Waals surface area contributed by atoms with Crippen LogP contribution in [0.25, 0.3) is 0 Å². The number of aliphatic hydroxyl groups is 1. The maximum atomic E-state index is 12.4. The molecule has 21 heavy (non-hydrogen) atoms. The minimum atomic E-state index is -3.58. The fourth-order valence-corrected chi connectivity index (χ4v) is 4.25. The Bertz CT molecular complexity index is 560. The van der Waals surface area contributed by atoms with Crippen molar-refractivity contribution < 1.29 is 17.9 Å². The van der Waals surface area contributed by atoms with Gasteiger partial charge in [-0.1, -0.05) is 6.92 Å². The van der Waals surface area contributed by atoms with E-state index in [-0.39, 0.29) is 23.3 Å². The van der Waals surface area contributed by atoms with Gasteiger partial charge in [-0.15, -0.1) is 0 Å². The number of sulfonamides is 1. The van der Waals surface area contributed by atoms with Crippen LogP contribution in [0.5, 0.6) is 0 Å². The molecule has 0 amide bonds. The molecular formula is C14H24N2O4S. The van der Waals surface area contributed by atoms with Crippen LogP contribution in [0.15, 0.2) is 15.4 Å². The van der Waals surface area contributed by atoms with E-state index in [4.69, 9.17) is 9.52 Å². The largest absolute Gasteiger partial charge is 0.462 e. The van der Waals surface area contributed by atoms with Crippen LogP contribution in [0, 0.1) is 6.92 Å². The minimum absolute atomic E-state index is 0.0324. The van der Waals surface area contributed by atoms with Crippen LogP contribution >= 0.6 is 0 Å². The molecule has 0 aromatic carbocycles. The van der Waals surface area contributed by atoms with Gasteiger partial charge in [0, 0.05) is 12.1 Å². The summed E-state index contributed by atoms with van der Waals surface area (Å²) in [6.07, 6.45) is 2.76. The summed E-state index contributed by atoms with van der Waals surface area (Å²) in [4.78, 5) is 2.49. The number of piperidine rings is 1. The lowest BCUT2D eigenvalue weighted by Gasteiger charge is -2.31. The molecule has 120 valence electrons. The number of hydrogen-bond acceptors (Lipinski definition) is 5. The van der Waals surface area contributed by atoms with E-state index in [0.717, 1.165) is 38.9 Å². The lowest BCUT2D eigenvalue weighted by atomic mass is 10.1. The van der Waals surface area contributed by atoms with Crippen molar-refractivity contribution in [3.8, 4) is 0 Å². The molecule has 0 atom stereocenters. The minimum Gasteiger partial charge on any atom is -0.462 e. The summed E-state index contributed by atoms with van der Waals surface area (Å²) in [5.41, 5.74) is 0. The first-order valence-corrected chi connectivity index (χ1v) is 8.89. The zero-order valence-corrected chi connectivity index (χ0v) is 13.4. The van der Waals surface area contributed by atoms with Crippen LogP contribution in [0.3, 0.4) is 0 Å². The van der Waals surface area contributed by atoms with Crippen LogP contribution in [-0.4, -0.2) is 44.1 Å². The summed E-state index contributed by atoms with van der Waals surface area (Å²) in [5.74, 6) is 0.584. The van der Waals surface area contributed by atoms with Crippen LogP contribution in [0.1, 0.15) is 37.7 Å².